The molecule has 7 nitrogen and oxygen atoms in total. The number of carbonyl (C=O) groups is 2. The Bertz CT molecular complexity index is 1440. The topological polar surface area (TPSA) is 93.1 Å². The van der Waals surface area contributed by atoms with Gasteiger partial charge < -0.3 is 18.7 Å². The Kier molecular flexibility index (Phi) is 5.15. The molecule has 0 saturated heterocycles. The van der Waals surface area contributed by atoms with Crippen LogP contribution in [0.1, 0.15) is 22.4 Å². The number of amides is 1. The summed E-state index contributed by atoms with van der Waals surface area (Å²) in [6.45, 7) is 0. The number of furan rings is 2. The van der Waals surface area contributed by atoms with Crippen LogP contribution in [0.2, 0.25) is 10.0 Å². The standard InChI is InChI=1S/C24H15Cl2NO6/c1-31-18-11-14(26)8-12-9-17(33-23(12)18)21(28)19-20(16-6-3-7-32-16)27(24(30)22(19)29)15-5-2-4-13(25)10-15/h2-11,20,29H,1H3. The van der Waals surface area contributed by atoms with Crippen molar-refractivity contribution in [3.05, 3.63) is 93.8 Å². The highest BCUT2D eigenvalue weighted by atomic mass is 35.5. The van der Waals surface area contributed by atoms with Crippen molar-refractivity contribution in [3.8, 4) is 5.75 Å². The third-order valence-corrected chi connectivity index (χ3v) is 5.80. The van der Waals surface area contributed by atoms with E-state index in [0.29, 0.717) is 32.5 Å². The maximum atomic E-state index is 13.6. The van der Waals surface area contributed by atoms with E-state index in [4.69, 9.17) is 36.8 Å². The summed E-state index contributed by atoms with van der Waals surface area (Å²) in [4.78, 5) is 27.9. The average Bonchev–Trinajstić information content (AvgIpc) is 3.52. The van der Waals surface area contributed by atoms with E-state index >= 15 is 0 Å². The van der Waals surface area contributed by atoms with Crippen LogP contribution in [0, 0.1) is 0 Å². The first-order chi connectivity index (χ1) is 15.9. The van der Waals surface area contributed by atoms with E-state index in [1.165, 1.54) is 24.3 Å². The number of Topliss-reactive ketones (excluding diaryl/α,β-unsaturated/α-hetero) is 1. The number of ether oxygens (including phenoxy) is 1. The van der Waals surface area contributed by atoms with Gasteiger partial charge in [0.2, 0.25) is 5.78 Å². The predicted octanol–water partition coefficient (Wildman–Crippen LogP) is 6.12. The number of hydrogen-bond donors (Lipinski definition) is 1. The van der Waals surface area contributed by atoms with Gasteiger partial charge in [0.15, 0.2) is 22.9 Å². The molecule has 2 aromatic carbocycles. The summed E-state index contributed by atoms with van der Waals surface area (Å²) >= 11 is 12.2. The molecule has 0 fully saturated rings. The van der Waals surface area contributed by atoms with E-state index in [0.717, 1.165) is 0 Å². The zero-order valence-corrected chi connectivity index (χ0v) is 18.6. The molecular formula is C24H15Cl2NO6. The largest absolute Gasteiger partial charge is 0.503 e. The van der Waals surface area contributed by atoms with Crippen molar-refractivity contribution in [3.63, 3.8) is 0 Å². The van der Waals surface area contributed by atoms with Crippen LogP contribution < -0.4 is 9.64 Å². The zero-order chi connectivity index (χ0) is 23.3. The Morgan fingerprint density at radius 2 is 1.91 bits per heavy atom. The number of aliphatic hydroxyl groups is 1. The summed E-state index contributed by atoms with van der Waals surface area (Å²) in [6, 6.07) is 13.4. The van der Waals surface area contributed by atoms with Gasteiger partial charge in [-0.15, -0.1) is 0 Å². The minimum Gasteiger partial charge on any atom is -0.503 e. The van der Waals surface area contributed by atoms with Crippen LogP contribution in [-0.2, 0) is 4.79 Å². The molecule has 0 aliphatic carbocycles. The fourth-order valence-electron chi connectivity index (χ4n) is 3.93. The minimum absolute atomic E-state index is 0.0931. The number of ketones is 1. The van der Waals surface area contributed by atoms with Crippen molar-refractivity contribution in [1.82, 2.24) is 0 Å². The number of benzene rings is 2. The third-order valence-electron chi connectivity index (χ3n) is 5.34. The molecule has 1 N–H and O–H groups in total. The quantitative estimate of drug-likeness (QED) is 0.343. The first kappa shape index (κ1) is 21.2. The summed E-state index contributed by atoms with van der Waals surface area (Å²) in [5.41, 5.74) is 0.524. The van der Waals surface area contributed by atoms with Crippen molar-refractivity contribution >= 4 is 51.5 Å². The minimum atomic E-state index is -1.03. The van der Waals surface area contributed by atoms with Crippen LogP contribution in [0.3, 0.4) is 0 Å². The molecule has 1 aliphatic heterocycles. The normalized spacial score (nSPS) is 16.2. The van der Waals surface area contributed by atoms with Gasteiger partial charge in [0.05, 0.1) is 18.9 Å². The van der Waals surface area contributed by atoms with E-state index < -0.39 is 23.5 Å². The second-order valence-electron chi connectivity index (χ2n) is 7.30. The van der Waals surface area contributed by atoms with Gasteiger partial charge in [-0.3, -0.25) is 14.5 Å². The first-order valence-corrected chi connectivity index (χ1v) is 10.5. The third kappa shape index (κ3) is 3.46. The smallest absolute Gasteiger partial charge is 0.294 e. The average molecular weight is 484 g/mol. The van der Waals surface area contributed by atoms with Crippen molar-refractivity contribution in [2.24, 2.45) is 0 Å². The van der Waals surface area contributed by atoms with E-state index in [9.17, 15) is 14.7 Å². The summed E-state index contributed by atoms with van der Waals surface area (Å²) in [5.74, 6) is -1.61. The van der Waals surface area contributed by atoms with Crippen LogP contribution in [0.5, 0.6) is 5.75 Å². The van der Waals surface area contributed by atoms with E-state index in [1.54, 1.807) is 48.5 Å². The molecule has 4 aromatic rings. The van der Waals surface area contributed by atoms with Crippen molar-refractivity contribution in [1.29, 1.82) is 0 Å². The molecule has 9 heteroatoms. The number of methoxy groups -OCH3 is 1. The number of halogens is 2. The molecule has 5 rings (SSSR count). The zero-order valence-electron chi connectivity index (χ0n) is 17.0. The molecule has 33 heavy (non-hydrogen) atoms. The molecule has 2 aromatic heterocycles. The molecular weight excluding hydrogens is 469 g/mol. The molecule has 1 atom stereocenters. The molecule has 1 aliphatic rings. The number of aliphatic hydroxyl groups excluding tert-OH is 1. The highest BCUT2D eigenvalue weighted by Gasteiger charge is 2.46. The molecule has 0 spiro atoms. The molecule has 1 amide bonds. The number of hydrogen-bond acceptors (Lipinski definition) is 6. The van der Waals surface area contributed by atoms with Crippen molar-refractivity contribution in [2.75, 3.05) is 12.0 Å². The van der Waals surface area contributed by atoms with Gasteiger partial charge in [0.25, 0.3) is 5.91 Å². The summed E-state index contributed by atoms with van der Waals surface area (Å²) < 4.78 is 16.6. The van der Waals surface area contributed by atoms with Gasteiger partial charge in [-0.1, -0.05) is 29.3 Å². The Labute approximate surface area is 197 Å². The SMILES string of the molecule is COc1cc(Cl)cc2cc(C(=O)C3=C(O)C(=O)N(c4cccc(Cl)c4)C3c3ccco3)oc12. The van der Waals surface area contributed by atoms with E-state index in [2.05, 4.69) is 0 Å². The fraction of sp³-hybridized carbons (Fsp3) is 0.0833. The highest BCUT2D eigenvalue weighted by molar-refractivity contribution is 6.32. The highest BCUT2D eigenvalue weighted by Crippen LogP contribution is 2.43. The molecule has 0 bridgehead atoms. The number of nitrogens with zero attached hydrogens (tertiary/aromatic N) is 1. The van der Waals surface area contributed by atoms with Crippen LogP contribution in [0.4, 0.5) is 5.69 Å². The van der Waals surface area contributed by atoms with Crippen LogP contribution >= 0.6 is 23.2 Å². The van der Waals surface area contributed by atoms with Crippen molar-refractivity contribution in [2.45, 2.75) is 6.04 Å². The number of carbonyl (C=O) groups excluding carboxylic acids is 2. The van der Waals surface area contributed by atoms with Crippen LogP contribution in [0.25, 0.3) is 11.0 Å². The number of fused-ring (bicyclic) bond motifs is 1. The lowest BCUT2D eigenvalue weighted by Gasteiger charge is -2.24. The van der Waals surface area contributed by atoms with Gasteiger partial charge in [0, 0.05) is 27.2 Å². The van der Waals surface area contributed by atoms with Gasteiger partial charge >= 0.3 is 0 Å². The maximum Gasteiger partial charge on any atom is 0.294 e. The summed E-state index contributed by atoms with van der Waals surface area (Å²) in [7, 11) is 1.45. The molecule has 1 unspecified atom stereocenters. The number of anilines is 1. The Morgan fingerprint density at radius 3 is 2.61 bits per heavy atom. The van der Waals surface area contributed by atoms with Crippen LogP contribution in [0.15, 0.2) is 81.0 Å². The van der Waals surface area contributed by atoms with Crippen molar-refractivity contribution < 1.29 is 28.3 Å². The number of rotatable bonds is 5. The monoisotopic (exact) mass is 483 g/mol. The molecule has 166 valence electrons. The Balaban J connectivity index is 1.65. The second-order valence-corrected chi connectivity index (χ2v) is 8.17. The van der Waals surface area contributed by atoms with E-state index in [1.807, 2.05) is 0 Å². The van der Waals surface area contributed by atoms with Gasteiger partial charge in [-0.25, -0.2) is 0 Å². The summed E-state index contributed by atoms with van der Waals surface area (Å²) in [5, 5.41) is 12.1. The molecule has 3 heterocycles. The van der Waals surface area contributed by atoms with Gasteiger partial charge in [-0.2, -0.15) is 0 Å². The predicted molar refractivity (Wildman–Crippen MR) is 122 cm³/mol. The first-order valence-electron chi connectivity index (χ1n) is 9.76. The molecule has 0 saturated carbocycles. The van der Waals surface area contributed by atoms with E-state index in [-0.39, 0.29) is 17.1 Å². The Hall–Kier alpha value is -3.68. The lowest BCUT2D eigenvalue weighted by Crippen LogP contribution is -2.30. The van der Waals surface area contributed by atoms with Crippen LogP contribution in [-0.4, -0.2) is 23.9 Å². The Morgan fingerprint density at radius 1 is 1.09 bits per heavy atom. The maximum absolute atomic E-state index is 13.6. The van der Waals surface area contributed by atoms with Gasteiger partial charge in [0.1, 0.15) is 11.8 Å². The molecule has 0 radical (unpaired) electrons. The lowest BCUT2D eigenvalue weighted by atomic mass is 9.99. The van der Waals surface area contributed by atoms with Gasteiger partial charge in [-0.05, 0) is 42.5 Å². The summed E-state index contributed by atoms with van der Waals surface area (Å²) in [6.07, 6.45) is 1.42. The lowest BCUT2D eigenvalue weighted by molar-refractivity contribution is -0.117. The second kappa shape index (κ2) is 8.03. The fourth-order valence-corrected chi connectivity index (χ4v) is 4.33.